The molecule has 0 bridgehead atoms. The summed E-state index contributed by atoms with van der Waals surface area (Å²) in [5.74, 6) is 0.657. The lowest BCUT2D eigenvalue weighted by molar-refractivity contribution is 0.395. The molecule has 1 N–H and O–H groups in total. The number of nitrogens with one attached hydrogen (secondary N) is 1. The van der Waals surface area contributed by atoms with Crippen molar-refractivity contribution in [3.05, 3.63) is 59.3 Å². The largest absolute Gasteiger partial charge is 0.481 e. The van der Waals surface area contributed by atoms with Crippen molar-refractivity contribution < 1.29 is 4.74 Å². The maximum absolute atomic E-state index is 5.13. The molecule has 0 aliphatic heterocycles. The SMILES string of the molecule is CCc1ccc(C(C)NCc2cccc(OC)n2)cc1. The van der Waals surface area contributed by atoms with Crippen molar-refractivity contribution in [1.29, 1.82) is 0 Å². The van der Waals surface area contributed by atoms with Crippen LogP contribution in [0.2, 0.25) is 0 Å². The lowest BCUT2D eigenvalue weighted by Crippen LogP contribution is -2.18. The minimum absolute atomic E-state index is 0.300. The predicted molar refractivity (Wildman–Crippen MR) is 81.9 cm³/mol. The smallest absolute Gasteiger partial charge is 0.213 e. The van der Waals surface area contributed by atoms with Gasteiger partial charge in [-0.3, -0.25) is 0 Å². The summed E-state index contributed by atoms with van der Waals surface area (Å²) in [7, 11) is 1.64. The zero-order valence-corrected chi connectivity index (χ0v) is 12.4. The second kappa shape index (κ2) is 7.06. The molecule has 1 unspecified atom stereocenters. The molecule has 0 aliphatic carbocycles. The number of aryl methyl sites for hydroxylation is 1. The first-order valence-corrected chi connectivity index (χ1v) is 7.05. The fourth-order valence-corrected chi connectivity index (χ4v) is 2.09. The third kappa shape index (κ3) is 3.81. The summed E-state index contributed by atoms with van der Waals surface area (Å²) in [4.78, 5) is 4.40. The Kier molecular flexibility index (Phi) is 5.13. The van der Waals surface area contributed by atoms with E-state index in [9.17, 15) is 0 Å². The molecule has 3 nitrogen and oxygen atoms in total. The van der Waals surface area contributed by atoms with Crippen LogP contribution in [0.15, 0.2) is 42.5 Å². The molecule has 0 aliphatic rings. The molecule has 2 aromatic rings. The van der Waals surface area contributed by atoms with E-state index < -0.39 is 0 Å². The number of aromatic nitrogens is 1. The van der Waals surface area contributed by atoms with Gasteiger partial charge in [0, 0.05) is 18.7 Å². The van der Waals surface area contributed by atoms with E-state index in [1.807, 2.05) is 18.2 Å². The standard InChI is InChI=1S/C17H22N2O/c1-4-14-8-10-15(11-9-14)13(2)18-12-16-6-5-7-17(19-16)20-3/h5-11,13,18H,4,12H2,1-3H3. The van der Waals surface area contributed by atoms with Gasteiger partial charge in [0.2, 0.25) is 5.88 Å². The molecule has 0 saturated carbocycles. The Balaban J connectivity index is 1.95. The molecule has 3 heteroatoms. The summed E-state index contributed by atoms with van der Waals surface area (Å²) in [6.45, 7) is 5.07. The number of ether oxygens (including phenoxy) is 1. The van der Waals surface area contributed by atoms with Crippen molar-refractivity contribution in [2.24, 2.45) is 0 Å². The van der Waals surface area contributed by atoms with Crippen LogP contribution >= 0.6 is 0 Å². The monoisotopic (exact) mass is 270 g/mol. The van der Waals surface area contributed by atoms with Gasteiger partial charge in [0.1, 0.15) is 0 Å². The lowest BCUT2D eigenvalue weighted by atomic mass is 10.0. The van der Waals surface area contributed by atoms with Gasteiger partial charge in [-0.25, -0.2) is 4.98 Å². The number of hydrogen-bond donors (Lipinski definition) is 1. The highest BCUT2D eigenvalue weighted by Crippen LogP contribution is 2.15. The first-order valence-electron chi connectivity index (χ1n) is 7.05. The lowest BCUT2D eigenvalue weighted by Gasteiger charge is -2.14. The van der Waals surface area contributed by atoms with E-state index >= 15 is 0 Å². The molecule has 0 fully saturated rings. The van der Waals surface area contributed by atoms with E-state index in [-0.39, 0.29) is 0 Å². The van der Waals surface area contributed by atoms with Crippen LogP contribution in [0.1, 0.15) is 36.7 Å². The summed E-state index contributed by atoms with van der Waals surface area (Å²) in [5.41, 5.74) is 3.65. The summed E-state index contributed by atoms with van der Waals surface area (Å²) < 4.78 is 5.13. The number of pyridine rings is 1. The van der Waals surface area contributed by atoms with Crippen molar-refractivity contribution in [1.82, 2.24) is 10.3 Å². The third-order valence-corrected chi connectivity index (χ3v) is 3.47. The van der Waals surface area contributed by atoms with Crippen molar-refractivity contribution in [2.75, 3.05) is 7.11 Å². The number of benzene rings is 1. The Labute approximate surface area is 121 Å². The Bertz CT molecular complexity index is 537. The van der Waals surface area contributed by atoms with E-state index in [1.165, 1.54) is 11.1 Å². The molecule has 1 aromatic heterocycles. The molecular formula is C17H22N2O. The molecule has 1 heterocycles. The van der Waals surface area contributed by atoms with Crippen molar-refractivity contribution in [3.63, 3.8) is 0 Å². The average Bonchev–Trinajstić information content (AvgIpc) is 2.53. The van der Waals surface area contributed by atoms with Crippen LogP contribution in [0, 0.1) is 0 Å². The first-order chi connectivity index (χ1) is 9.72. The predicted octanol–water partition coefficient (Wildman–Crippen LogP) is 3.50. The highest BCUT2D eigenvalue weighted by Gasteiger charge is 2.05. The van der Waals surface area contributed by atoms with E-state index in [2.05, 4.69) is 48.4 Å². The Hall–Kier alpha value is -1.87. The van der Waals surface area contributed by atoms with Gasteiger partial charge in [0.15, 0.2) is 0 Å². The quantitative estimate of drug-likeness (QED) is 0.872. The summed E-state index contributed by atoms with van der Waals surface area (Å²) in [6, 6.07) is 14.9. The molecule has 0 amide bonds. The molecule has 2 rings (SSSR count). The second-order valence-electron chi connectivity index (χ2n) is 4.87. The molecule has 1 atom stereocenters. The fraction of sp³-hybridized carbons (Fsp3) is 0.353. The fourth-order valence-electron chi connectivity index (χ4n) is 2.09. The molecule has 0 saturated heterocycles. The van der Waals surface area contributed by atoms with Crippen LogP contribution in [0.5, 0.6) is 5.88 Å². The zero-order valence-electron chi connectivity index (χ0n) is 12.4. The molecular weight excluding hydrogens is 248 g/mol. The van der Waals surface area contributed by atoms with Gasteiger partial charge in [0.25, 0.3) is 0 Å². The number of nitrogens with zero attached hydrogens (tertiary/aromatic N) is 1. The molecule has 1 aromatic carbocycles. The van der Waals surface area contributed by atoms with E-state index in [0.717, 1.165) is 18.7 Å². The van der Waals surface area contributed by atoms with Gasteiger partial charge in [0.05, 0.1) is 12.8 Å². The van der Waals surface area contributed by atoms with Gasteiger partial charge < -0.3 is 10.1 Å². The highest BCUT2D eigenvalue weighted by molar-refractivity contribution is 5.25. The van der Waals surface area contributed by atoms with E-state index in [1.54, 1.807) is 7.11 Å². The zero-order chi connectivity index (χ0) is 14.4. The maximum atomic E-state index is 5.13. The molecule has 20 heavy (non-hydrogen) atoms. The van der Waals surface area contributed by atoms with Crippen LogP contribution in [0.3, 0.4) is 0 Å². The molecule has 106 valence electrons. The average molecular weight is 270 g/mol. The number of hydrogen-bond acceptors (Lipinski definition) is 3. The van der Waals surface area contributed by atoms with Crippen molar-refractivity contribution >= 4 is 0 Å². The first kappa shape index (κ1) is 14.5. The summed E-state index contributed by atoms with van der Waals surface area (Å²) in [6.07, 6.45) is 1.08. The third-order valence-electron chi connectivity index (χ3n) is 3.47. The van der Waals surface area contributed by atoms with Gasteiger partial charge in [-0.1, -0.05) is 37.3 Å². The highest BCUT2D eigenvalue weighted by atomic mass is 16.5. The van der Waals surface area contributed by atoms with Crippen LogP contribution in [-0.4, -0.2) is 12.1 Å². The second-order valence-corrected chi connectivity index (χ2v) is 4.87. The Morgan fingerprint density at radius 1 is 1.15 bits per heavy atom. The van der Waals surface area contributed by atoms with E-state index in [0.29, 0.717) is 11.9 Å². The topological polar surface area (TPSA) is 34.1 Å². The minimum Gasteiger partial charge on any atom is -0.481 e. The van der Waals surface area contributed by atoms with Crippen LogP contribution in [0.4, 0.5) is 0 Å². The molecule has 0 radical (unpaired) electrons. The van der Waals surface area contributed by atoms with E-state index in [4.69, 9.17) is 4.74 Å². The van der Waals surface area contributed by atoms with Crippen molar-refractivity contribution in [3.8, 4) is 5.88 Å². The van der Waals surface area contributed by atoms with Crippen LogP contribution < -0.4 is 10.1 Å². The normalized spacial score (nSPS) is 12.2. The van der Waals surface area contributed by atoms with Crippen LogP contribution in [-0.2, 0) is 13.0 Å². The number of methoxy groups -OCH3 is 1. The summed E-state index contributed by atoms with van der Waals surface area (Å²) >= 11 is 0. The maximum Gasteiger partial charge on any atom is 0.213 e. The Morgan fingerprint density at radius 2 is 1.90 bits per heavy atom. The Morgan fingerprint density at radius 3 is 2.55 bits per heavy atom. The van der Waals surface area contributed by atoms with Gasteiger partial charge in [-0.05, 0) is 30.5 Å². The summed E-state index contributed by atoms with van der Waals surface area (Å²) in [5, 5.41) is 3.49. The minimum atomic E-state index is 0.300. The van der Waals surface area contributed by atoms with Gasteiger partial charge in [-0.15, -0.1) is 0 Å². The molecule has 0 spiro atoms. The van der Waals surface area contributed by atoms with Crippen LogP contribution in [0.25, 0.3) is 0 Å². The number of rotatable bonds is 6. The van der Waals surface area contributed by atoms with Crippen molar-refractivity contribution in [2.45, 2.75) is 32.9 Å². The van der Waals surface area contributed by atoms with Gasteiger partial charge in [-0.2, -0.15) is 0 Å². The van der Waals surface area contributed by atoms with Gasteiger partial charge >= 0.3 is 0 Å².